The zero-order chi connectivity index (χ0) is 22.0. The largest absolute Gasteiger partial charge is 0.496 e. The van der Waals surface area contributed by atoms with Crippen molar-refractivity contribution in [1.82, 2.24) is 9.88 Å². The highest BCUT2D eigenvalue weighted by Gasteiger charge is 2.25. The number of methoxy groups -OCH3 is 1. The summed E-state index contributed by atoms with van der Waals surface area (Å²) in [5, 5.41) is 0. The Bertz CT molecular complexity index is 1050. The number of rotatable bonds is 6. The van der Waals surface area contributed by atoms with Crippen molar-refractivity contribution < 1.29 is 4.74 Å². The number of fused-ring (bicyclic) bond motifs is 1. The highest BCUT2D eigenvalue weighted by Crippen LogP contribution is 2.36. The lowest BCUT2D eigenvalue weighted by Crippen LogP contribution is -2.33. The molecule has 0 bridgehead atoms. The molecule has 1 aliphatic rings. The summed E-state index contributed by atoms with van der Waals surface area (Å²) in [5.41, 5.74) is 10.2. The number of ether oxygens (including phenoxy) is 1. The van der Waals surface area contributed by atoms with Crippen molar-refractivity contribution in [3.63, 3.8) is 0 Å². The standard InChI is InChI=1S/C28H34N2O/c1-6-21-12-10-13-22(7-2)28(21)26-17-27(31-5)25(19(3)29-26)18-30-16-15-23-11-8-9-14-24(23)20(30)4/h8-14,17,20H,6-7,15-16,18H2,1-5H3. The topological polar surface area (TPSA) is 25.4 Å². The summed E-state index contributed by atoms with van der Waals surface area (Å²) in [6.07, 6.45) is 3.09. The Labute approximate surface area is 187 Å². The van der Waals surface area contributed by atoms with E-state index in [9.17, 15) is 0 Å². The van der Waals surface area contributed by atoms with Crippen molar-refractivity contribution in [2.45, 2.75) is 59.5 Å². The molecule has 0 fully saturated rings. The number of nitrogens with zero attached hydrogens (tertiary/aromatic N) is 2. The Morgan fingerprint density at radius 1 is 1.03 bits per heavy atom. The van der Waals surface area contributed by atoms with Crippen LogP contribution in [0.3, 0.4) is 0 Å². The van der Waals surface area contributed by atoms with E-state index >= 15 is 0 Å². The summed E-state index contributed by atoms with van der Waals surface area (Å²) in [6.45, 7) is 10.8. The zero-order valence-corrected chi connectivity index (χ0v) is 19.5. The predicted octanol–water partition coefficient (Wildman–Crippen LogP) is 6.31. The Morgan fingerprint density at radius 3 is 2.42 bits per heavy atom. The van der Waals surface area contributed by atoms with E-state index in [-0.39, 0.29) is 0 Å². The lowest BCUT2D eigenvalue weighted by atomic mass is 9.92. The van der Waals surface area contributed by atoms with Gasteiger partial charge in [-0.25, -0.2) is 0 Å². The molecule has 3 heteroatoms. The van der Waals surface area contributed by atoms with Crippen LogP contribution in [0.1, 0.15) is 60.3 Å². The molecule has 1 aromatic heterocycles. The van der Waals surface area contributed by atoms with Gasteiger partial charge in [0, 0.05) is 42.0 Å². The maximum absolute atomic E-state index is 5.91. The maximum atomic E-state index is 5.91. The van der Waals surface area contributed by atoms with E-state index in [2.05, 4.69) is 81.1 Å². The molecule has 0 spiro atoms. The van der Waals surface area contributed by atoms with Crippen LogP contribution < -0.4 is 4.74 Å². The van der Waals surface area contributed by atoms with Crippen LogP contribution in [0.2, 0.25) is 0 Å². The summed E-state index contributed by atoms with van der Waals surface area (Å²) in [4.78, 5) is 7.65. The Morgan fingerprint density at radius 2 is 1.74 bits per heavy atom. The number of hydrogen-bond donors (Lipinski definition) is 0. The molecule has 0 saturated carbocycles. The van der Waals surface area contributed by atoms with Crippen LogP contribution in [-0.4, -0.2) is 23.5 Å². The average Bonchev–Trinajstić information content (AvgIpc) is 2.81. The van der Waals surface area contributed by atoms with Crippen molar-refractivity contribution in [3.05, 3.63) is 82.0 Å². The number of benzene rings is 2. The number of aryl methyl sites for hydroxylation is 3. The second-order valence-corrected chi connectivity index (χ2v) is 8.53. The lowest BCUT2D eigenvalue weighted by molar-refractivity contribution is 0.187. The number of aromatic nitrogens is 1. The first kappa shape index (κ1) is 21.6. The summed E-state index contributed by atoms with van der Waals surface area (Å²) in [7, 11) is 1.78. The molecule has 2 aromatic carbocycles. The van der Waals surface area contributed by atoms with E-state index in [1.165, 1.54) is 33.4 Å². The third-order valence-electron chi connectivity index (χ3n) is 6.85. The number of pyridine rings is 1. The molecular weight excluding hydrogens is 380 g/mol. The van der Waals surface area contributed by atoms with Crippen LogP contribution in [0.5, 0.6) is 5.75 Å². The summed E-state index contributed by atoms with van der Waals surface area (Å²) in [5.74, 6) is 0.946. The smallest absolute Gasteiger partial charge is 0.127 e. The van der Waals surface area contributed by atoms with E-state index < -0.39 is 0 Å². The van der Waals surface area contributed by atoms with Gasteiger partial charge in [-0.3, -0.25) is 9.88 Å². The molecule has 1 aliphatic heterocycles. The van der Waals surface area contributed by atoms with Crippen LogP contribution >= 0.6 is 0 Å². The highest BCUT2D eigenvalue weighted by molar-refractivity contribution is 5.70. The van der Waals surface area contributed by atoms with Gasteiger partial charge in [0.05, 0.1) is 12.8 Å². The summed E-state index contributed by atoms with van der Waals surface area (Å²) >= 11 is 0. The molecule has 3 aromatic rings. The Hall–Kier alpha value is -2.65. The van der Waals surface area contributed by atoms with Gasteiger partial charge in [-0.1, -0.05) is 56.3 Å². The van der Waals surface area contributed by atoms with Gasteiger partial charge >= 0.3 is 0 Å². The summed E-state index contributed by atoms with van der Waals surface area (Å²) in [6, 6.07) is 18.0. The molecule has 0 amide bonds. The molecule has 4 rings (SSSR count). The third-order valence-corrected chi connectivity index (χ3v) is 6.85. The second kappa shape index (κ2) is 9.23. The van der Waals surface area contributed by atoms with Gasteiger partial charge in [-0.05, 0) is 55.4 Å². The highest BCUT2D eigenvalue weighted by atomic mass is 16.5. The van der Waals surface area contributed by atoms with Gasteiger partial charge in [0.1, 0.15) is 5.75 Å². The van der Waals surface area contributed by atoms with Crippen LogP contribution in [-0.2, 0) is 25.8 Å². The van der Waals surface area contributed by atoms with Crippen molar-refractivity contribution in [2.75, 3.05) is 13.7 Å². The molecule has 0 N–H and O–H groups in total. The number of hydrogen-bond acceptors (Lipinski definition) is 3. The molecule has 2 heterocycles. The average molecular weight is 415 g/mol. The van der Waals surface area contributed by atoms with Crippen molar-refractivity contribution in [2.24, 2.45) is 0 Å². The van der Waals surface area contributed by atoms with Crippen LogP contribution in [0.4, 0.5) is 0 Å². The molecular formula is C28H34N2O. The summed E-state index contributed by atoms with van der Waals surface area (Å²) < 4.78 is 5.91. The lowest BCUT2D eigenvalue weighted by Gasteiger charge is -2.35. The fourth-order valence-corrected chi connectivity index (χ4v) is 4.99. The predicted molar refractivity (Wildman–Crippen MR) is 129 cm³/mol. The SMILES string of the molecule is CCc1cccc(CC)c1-c1cc(OC)c(CN2CCc3ccccc3C2C)c(C)n1. The quantitative estimate of drug-likeness (QED) is 0.473. The first-order valence-corrected chi connectivity index (χ1v) is 11.5. The van der Waals surface area contributed by atoms with Gasteiger partial charge in [-0.15, -0.1) is 0 Å². The van der Waals surface area contributed by atoms with Gasteiger partial charge in [-0.2, -0.15) is 0 Å². The fraction of sp³-hybridized carbons (Fsp3) is 0.393. The minimum atomic E-state index is 0.390. The molecule has 162 valence electrons. The maximum Gasteiger partial charge on any atom is 0.127 e. The van der Waals surface area contributed by atoms with E-state index in [1.807, 2.05) is 0 Å². The Balaban J connectivity index is 1.71. The molecule has 0 radical (unpaired) electrons. The molecule has 3 nitrogen and oxygen atoms in total. The normalized spacial score (nSPS) is 16.2. The third kappa shape index (κ3) is 4.12. The minimum Gasteiger partial charge on any atom is -0.496 e. The van der Waals surface area contributed by atoms with E-state index in [1.54, 1.807) is 7.11 Å². The van der Waals surface area contributed by atoms with Gasteiger partial charge in [0.2, 0.25) is 0 Å². The molecule has 31 heavy (non-hydrogen) atoms. The zero-order valence-electron chi connectivity index (χ0n) is 19.5. The van der Waals surface area contributed by atoms with Crippen LogP contribution in [0.25, 0.3) is 11.3 Å². The molecule has 0 aliphatic carbocycles. The second-order valence-electron chi connectivity index (χ2n) is 8.53. The minimum absolute atomic E-state index is 0.390. The van der Waals surface area contributed by atoms with Crippen molar-refractivity contribution in [1.29, 1.82) is 0 Å². The molecule has 1 atom stereocenters. The van der Waals surface area contributed by atoms with Crippen molar-refractivity contribution in [3.8, 4) is 17.0 Å². The van der Waals surface area contributed by atoms with Crippen molar-refractivity contribution >= 4 is 0 Å². The monoisotopic (exact) mass is 414 g/mol. The van der Waals surface area contributed by atoms with Crippen LogP contribution in [0, 0.1) is 6.92 Å². The van der Waals surface area contributed by atoms with Gasteiger partial charge in [0.25, 0.3) is 0 Å². The molecule has 0 saturated heterocycles. The van der Waals surface area contributed by atoms with E-state index in [4.69, 9.17) is 9.72 Å². The fourth-order valence-electron chi connectivity index (χ4n) is 4.99. The van der Waals surface area contributed by atoms with E-state index in [0.717, 1.165) is 49.5 Å². The van der Waals surface area contributed by atoms with Gasteiger partial charge < -0.3 is 4.74 Å². The van der Waals surface area contributed by atoms with Gasteiger partial charge in [0.15, 0.2) is 0 Å². The first-order chi connectivity index (χ1) is 15.1. The van der Waals surface area contributed by atoms with E-state index in [0.29, 0.717) is 6.04 Å². The Kier molecular flexibility index (Phi) is 6.43. The molecule has 1 unspecified atom stereocenters. The first-order valence-electron chi connectivity index (χ1n) is 11.5. The van der Waals surface area contributed by atoms with Crippen LogP contribution in [0.15, 0.2) is 48.5 Å².